The van der Waals surface area contributed by atoms with Gasteiger partial charge in [0.25, 0.3) is 0 Å². The maximum absolute atomic E-state index is 11.0. The number of carbonyl (C=O) groups excluding carboxylic acids is 1. The Bertz CT molecular complexity index is 338. The number of amides is 1. The van der Waals surface area contributed by atoms with Crippen molar-refractivity contribution in [3.05, 3.63) is 35.9 Å². The van der Waals surface area contributed by atoms with E-state index in [9.17, 15) is 4.79 Å². The fraction of sp³-hybridized carbons (Fsp3) is 0.364. The van der Waals surface area contributed by atoms with Gasteiger partial charge in [-0.3, -0.25) is 4.79 Å². The smallest absolute Gasteiger partial charge is 0.215 e. The lowest BCUT2D eigenvalue weighted by Crippen LogP contribution is -2.39. The van der Waals surface area contributed by atoms with E-state index in [2.05, 4.69) is 17.4 Å². The first-order valence-electron chi connectivity index (χ1n) is 5.18. The third kappa shape index (κ3) is 3.10. The van der Waals surface area contributed by atoms with Gasteiger partial charge in [-0.2, -0.15) is 0 Å². The molecule has 0 bridgehead atoms. The van der Waals surface area contributed by atoms with Gasteiger partial charge in [-0.15, -0.1) is 0 Å². The number of benzene rings is 1. The monoisotopic (exact) mass is 203 g/mol. The highest BCUT2D eigenvalue weighted by Crippen LogP contribution is 2.17. The van der Waals surface area contributed by atoms with Crippen LogP contribution in [0, 0.1) is 0 Å². The molecule has 0 saturated carbocycles. The fourth-order valence-electron chi connectivity index (χ4n) is 1.69. The summed E-state index contributed by atoms with van der Waals surface area (Å²) >= 11 is 0. The van der Waals surface area contributed by atoms with Crippen LogP contribution in [0.2, 0.25) is 0 Å². The maximum atomic E-state index is 11.0. The van der Waals surface area contributed by atoms with E-state index in [0.29, 0.717) is 0 Å². The standard InChI is InChI=1S/C11H14BNO2/c12-11(14)13-9(10-7-15-10)6-8-4-2-1-3-5-8/h1-5,9-10H,6-7,12H2,(H,13,14)/t9-,10?/m0/s1. The average molecular weight is 203 g/mol. The molecule has 1 saturated heterocycles. The summed E-state index contributed by atoms with van der Waals surface area (Å²) in [4.78, 5) is 11.0. The van der Waals surface area contributed by atoms with Crippen LogP contribution in [0.5, 0.6) is 0 Å². The summed E-state index contributed by atoms with van der Waals surface area (Å²) in [5.41, 5.74) is 1.23. The highest BCUT2D eigenvalue weighted by molar-refractivity contribution is 6.57. The summed E-state index contributed by atoms with van der Waals surface area (Å²) in [6, 6.07) is 10.3. The van der Waals surface area contributed by atoms with Gasteiger partial charge in [-0.1, -0.05) is 30.3 Å². The van der Waals surface area contributed by atoms with Gasteiger partial charge in [0.15, 0.2) is 5.81 Å². The molecule has 1 unspecified atom stereocenters. The molecule has 1 aliphatic heterocycles. The highest BCUT2D eigenvalue weighted by Gasteiger charge is 2.33. The first-order valence-corrected chi connectivity index (χ1v) is 5.18. The van der Waals surface area contributed by atoms with Crippen LogP contribution < -0.4 is 5.32 Å². The Morgan fingerprint density at radius 1 is 1.53 bits per heavy atom. The van der Waals surface area contributed by atoms with E-state index in [4.69, 9.17) is 4.74 Å². The molecule has 0 aromatic heterocycles. The molecule has 1 amide bonds. The quantitative estimate of drug-likeness (QED) is 0.566. The van der Waals surface area contributed by atoms with Crippen LogP contribution in [0.1, 0.15) is 5.56 Å². The van der Waals surface area contributed by atoms with Gasteiger partial charge in [0, 0.05) is 0 Å². The molecule has 1 N–H and O–H groups in total. The van der Waals surface area contributed by atoms with Crippen LogP contribution in [0.15, 0.2) is 30.3 Å². The molecule has 0 radical (unpaired) electrons. The first-order chi connectivity index (χ1) is 7.25. The zero-order chi connectivity index (χ0) is 10.7. The van der Waals surface area contributed by atoms with Crippen molar-refractivity contribution < 1.29 is 9.53 Å². The van der Waals surface area contributed by atoms with Gasteiger partial charge >= 0.3 is 0 Å². The first kappa shape index (κ1) is 10.2. The lowest BCUT2D eigenvalue weighted by molar-refractivity contribution is 0.251. The molecule has 1 heterocycles. The van der Waals surface area contributed by atoms with Crippen molar-refractivity contribution in [3.8, 4) is 0 Å². The summed E-state index contributed by atoms with van der Waals surface area (Å²) in [5.74, 6) is 0.00595. The molecular weight excluding hydrogens is 189 g/mol. The summed E-state index contributed by atoms with van der Waals surface area (Å²) in [7, 11) is 1.54. The predicted octanol–water partition coefficient (Wildman–Crippen LogP) is 0.339. The van der Waals surface area contributed by atoms with Crippen molar-refractivity contribution in [3.63, 3.8) is 0 Å². The minimum atomic E-state index is 0.00595. The van der Waals surface area contributed by atoms with Crippen molar-refractivity contribution >= 4 is 13.7 Å². The zero-order valence-electron chi connectivity index (χ0n) is 8.77. The summed E-state index contributed by atoms with van der Waals surface area (Å²) in [6.07, 6.45) is 1.04. The number of epoxide rings is 1. The van der Waals surface area contributed by atoms with Crippen molar-refractivity contribution in [1.82, 2.24) is 5.32 Å². The van der Waals surface area contributed by atoms with Gasteiger partial charge in [-0.25, -0.2) is 0 Å². The van der Waals surface area contributed by atoms with E-state index in [1.165, 1.54) is 5.56 Å². The van der Waals surface area contributed by atoms with Gasteiger partial charge in [0.05, 0.1) is 12.6 Å². The van der Waals surface area contributed by atoms with Crippen LogP contribution in [0.4, 0.5) is 4.79 Å². The van der Waals surface area contributed by atoms with Crippen LogP contribution in [-0.2, 0) is 11.2 Å². The molecule has 1 aromatic carbocycles. The summed E-state index contributed by atoms with van der Waals surface area (Å²) in [6.45, 7) is 0.762. The lowest BCUT2D eigenvalue weighted by Gasteiger charge is -2.15. The van der Waals surface area contributed by atoms with E-state index in [1.807, 2.05) is 18.2 Å². The van der Waals surface area contributed by atoms with Crippen LogP contribution in [0.25, 0.3) is 0 Å². The molecule has 2 atom stereocenters. The molecule has 2 rings (SSSR count). The molecule has 4 heteroatoms. The molecule has 1 fully saturated rings. The van der Waals surface area contributed by atoms with Crippen molar-refractivity contribution in [2.45, 2.75) is 18.6 Å². The Morgan fingerprint density at radius 3 is 2.73 bits per heavy atom. The maximum Gasteiger partial charge on any atom is 0.215 e. The van der Waals surface area contributed by atoms with Crippen LogP contribution in [-0.4, -0.2) is 32.4 Å². The van der Waals surface area contributed by atoms with Gasteiger partial charge in [0.2, 0.25) is 7.85 Å². The lowest BCUT2D eigenvalue weighted by atomic mass is 10.0. The Morgan fingerprint density at radius 2 is 2.20 bits per heavy atom. The molecule has 1 aromatic rings. The number of ether oxygens (including phenoxy) is 1. The fourth-order valence-corrected chi connectivity index (χ4v) is 1.69. The third-order valence-electron chi connectivity index (χ3n) is 2.49. The molecule has 15 heavy (non-hydrogen) atoms. The molecule has 78 valence electrons. The van der Waals surface area contributed by atoms with E-state index in [0.717, 1.165) is 13.0 Å². The Labute approximate surface area is 90.2 Å². The predicted molar refractivity (Wildman–Crippen MR) is 60.7 cm³/mol. The zero-order valence-corrected chi connectivity index (χ0v) is 8.77. The number of hydrogen-bond donors (Lipinski definition) is 1. The van der Waals surface area contributed by atoms with E-state index in [1.54, 1.807) is 7.85 Å². The van der Waals surface area contributed by atoms with E-state index in [-0.39, 0.29) is 18.0 Å². The second-order valence-electron chi connectivity index (χ2n) is 3.87. The van der Waals surface area contributed by atoms with Crippen molar-refractivity contribution in [2.24, 2.45) is 0 Å². The SMILES string of the molecule is BC(=O)N[C@@H](Cc1ccccc1)C1CO1. The number of nitrogens with one attached hydrogen (secondary N) is 1. The van der Waals surface area contributed by atoms with Gasteiger partial charge in [-0.05, 0) is 12.0 Å². The summed E-state index contributed by atoms with van der Waals surface area (Å²) in [5, 5.41) is 2.93. The topological polar surface area (TPSA) is 41.6 Å². The van der Waals surface area contributed by atoms with E-state index < -0.39 is 0 Å². The average Bonchev–Trinajstić information content (AvgIpc) is 3.01. The minimum absolute atomic E-state index is 0.00595. The van der Waals surface area contributed by atoms with Crippen LogP contribution >= 0.6 is 0 Å². The Balaban J connectivity index is 1.97. The molecular formula is C11H14BNO2. The number of rotatable bonds is 4. The Hall–Kier alpha value is -1.29. The molecule has 0 spiro atoms. The summed E-state index contributed by atoms with van der Waals surface area (Å²) < 4.78 is 5.23. The molecule has 0 aliphatic carbocycles. The third-order valence-corrected chi connectivity index (χ3v) is 2.49. The Kier molecular flexibility index (Phi) is 3.06. The number of carbonyl (C=O) groups is 1. The highest BCUT2D eigenvalue weighted by atomic mass is 16.6. The molecule has 1 aliphatic rings. The van der Waals surface area contributed by atoms with Gasteiger partial charge in [0.1, 0.15) is 6.10 Å². The second-order valence-corrected chi connectivity index (χ2v) is 3.87. The number of hydrogen-bond acceptors (Lipinski definition) is 2. The van der Waals surface area contributed by atoms with Crippen molar-refractivity contribution in [1.29, 1.82) is 0 Å². The molecule has 3 nitrogen and oxygen atoms in total. The largest absolute Gasteiger partial charge is 0.371 e. The van der Waals surface area contributed by atoms with E-state index >= 15 is 0 Å². The normalized spacial score (nSPS) is 20.7. The second kappa shape index (κ2) is 4.49. The van der Waals surface area contributed by atoms with Crippen molar-refractivity contribution in [2.75, 3.05) is 6.61 Å². The van der Waals surface area contributed by atoms with Gasteiger partial charge < -0.3 is 10.1 Å². The minimum Gasteiger partial charge on any atom is -0.371 e. The van der Waals surface area contributed by atoms with Crippen LogP contribution in [0.3, 0.4) is 0 Å².